The Balaban J connectivity index is 2.83. The van der Waals surface area contributed by atoms with E-state index in [-0.39, 0.29) is 11.3 Å². The molecule has 0 saturated heterocycles. The second kappa shape index (κ2) is 5.82. The summed E-state index contributed by atoms with van der Waals surface area (Å²) in [6.45, 7) is 6.57. The fourth-order valence-electron chi connectivity index (χ4n) is 1.41. The molecule has 18 heavy (non-hydrogen) atoms. The zero-order chi connectivity index (χ0) is 13.8. The van der Waals surface area contributed by atoms with Crippen LogP contribution in [-0.2, 0) is 11.3 Å². The van der Waals surface area contributed by atoms with Gasteiger partial charge in [-0.15, -0.1) is 0 Å². The van der Waals surface area contributed by atoms with Gasteiger partial charge in [0.1, 0.15) is 5.69 Å². The fraction of sp³-hybridized carbons (Fsp3) is 0.538. The lowest BCUT2D eigenvalue weighted by Crippen LogP contribution is -2.22. The summed E-state index contributed by atoms with van der Waals surface area (Å²) in [4.78, 5) is 10.4. The van der Waals surface area contributed by atoms with Gasteiger partial charge in [0.2, 0.25) is 0 Å². The highest BCUT2D eigenvalue weighted by molar-refractivity contribution is 5.62. The molecule has 100 valence electrons. The highest BCUT2D eigenvalue weighted by Gasteiger charge is 2.17. The van der Waals surface area contributed by atoms with Crippen LogP contribution in [0.4, 0.5) is 11.4 Å². The number of anilines is 1. The lowest BCUT2D eigenvalue weighted by Gasteiger charge is -2.23. The Morgan fingerprint density at radius 1 is 1.44 bits per heavy atom. The standard InChI is InChI=1S/C13H20N2O3/c1-5-13(2,3)18-9-10-6-7-12(15(16)17)11(8-10)14-4/h6-8,14H,5,9H2,1-4H3. The summed E-state index contributed by atoms with van der Waals surface area (Å²) < 4.78 is 5.77. The minimum Gasteiger partial charge on any atom is -0.383 e. The van der Waals surface area contributed by atoms with Crippen LogP contribution >= 0.6 is 0 Å². The molecule has 0 aliphatic carbocycles. The number of nitro groups is 1. The average molecular weight is 252 g/mol. The van der Waals surface area contributed by atoms with Gasteiger partial charge >= 0.3 is 0 Å². The van der Waals surface area contributed by atoms with Crippen LogP contribution in [0.2, 0.25) is 0 Å². The Morgan fingerprint density at radius 2 is 2.11 bits per heavy atom. The zero-order valence-electron chi connectivity index (χ0n) is 11.3. The molecule has 0 heterocycles. The molecular formula is C13H20N2O3. The molecule has 0 bridgehead atoms. The van der Waals surface area contributed by atoms with Gasteiger partial charge in [0.25, 0.3) is 5.69 Å². The first-order valence-electron chi connectivity index (χ1n) is 5.98. The van der Waals surface area contributed by atoms with Gasteiger partial charge in [-0.1, -0.05) is 6.92 Å². The maximum Gasteiger partial charge on any atom is 0.292 e. The van der Waals surface area contributed by atoms with Crippen LogP contribution < -0.4 is 5.32 Å². The number of benzene rings is 1. The van der Waals surface area contributed by atoms with E-state index < -0.39 is 4.92 Å². The Morgan fingerprint density at radius 3 is 2.61 bits per heavy atom. The third kappa shape index (κ3) is 3.70. The van der Waals surface area contributed by atoms with Crippen molar-refractivity contribution in [2.45, 2.75) is 39.4 Å². The highest BCUT2D eigenvalue weighted by Crippen LogP contribution is 2.26. The summed E-state index contributed by atoms with van der Waals surface area (Å²) >= 11 is 0. The number of hydrogen-bond acceptors (Lipinski definition) is 4. The summed E-state index contributed by atoms with van der Waals surface area (Å²) in [5, 5.41) is 13.6. The lowest BCUT2D eigenvalue weighted by molar-refractivity contribution is -0.384. The number of nitrogens with one attached hydrogen (secondary N) is 1. The van der Waals surface area contributed by atoms with Crippen molar-refractivity contribution in [3.63, 3.8) is 0 Å². The van der Waals surface area contributed by atoms with E-state index in [0.717, 1.165) is 12.0 Å². The van der Waals surface area contributed by atoms with E-state index >= 15 is 0 Å². The molecule has 0 amide bonds. The van der Waals surface area contributed by atoms with E-state index in [4.69, 9.17) is 4.74 Å². The predicted molar refractivity (Wildman–Crippen MR) is 71.8 cm³/mol. The summed E-state index contributed by atoms with van der Waals surface area (Å²) in [5.74, 6) is 0. The number of rotatable bonds is 6. The lowest BCUT2D eigenvalue weighted by atomic mass is 10.1. The molecule has 0 aliphatic rings. The quantitative estimate of drug-likeness (QED) is 0.623. The first-order valence-corrected chi connectivity index (χ1v) is 5.98. The predicted octanol–water partition coefficient (Wildman–Crippen LogP) is 3.34. The topological polar surface area (TPSA) is 64.4 Å². The van der Waals surface area contributed by atoms with Crippen molar-refractivity contribution in [2.24, 2.45) is 0 Å². The second-order valence-corrected chi connectivity index (χ2v) is 4.76. The fourth-order valence-corrected chi connectivity index (χ4v) is 1.41. The third-order valence-electron chi connectivity index (χ3n) is 3.01. The molecule has 0 fully saturated rings. The van der Waals surface area contributed by atoms with E-state index in [2.05, 4.69) is 12.2 Å². The first kappa shape index (κ1) is 14.4. The number of hydrogen-bond donors (Lipinski definition) is 1. The van der Waals surface area contributed by atoms with Crippen molar-refractivity contribution in [3.05, 3.63) is 33.9 Å². The number of nitrogens with zero attached hydrogens (tertiary/aromatic N) is 1. The van der Waals surface area contributed by atoms with Crippen molar-refractivity contribution < 1.29 is 9.66 Å². The van der Waals surface area contributed by atoms with E-state index in [0.29, 0.717) is 12.3 Å². The molecule has 0 atom stereocenters. The van der Waals surface area contributed by atoms with Crippen LogP contribution in [0.25, 0.3) is 0 Å². The van der Waals surface area contributed by atoms with Crippen LogP contribution in [0.1, 0.15) is 32.8 Å². The van der Waals surface area contributed by atoms with Gasteiger partial charge in [0.15, 0.2) is 0 Å². The maximum absolute atomic E-state index is 10.8. The van der Waals surface area contributed by atoms with Gasteiger partial charge in [0.05, 0.1) is 17.1 Å². The SMILES string of the molecule is CCC(C)(C)OCc1ccc([N+](=O)[O-])c(NC)c1. The van der Waals surface area contributed by atoms with Gasteiger partial charge in [-0.25, -0.2) is 0 Å². The average Bonchev–Trinajstić information content (AvgIpc) is 2.36. The molecule has 5 heteroatoms. The van der Waals surface area contributed by atoms with E-state index in [1.165, 1.54) is 6.07 Å². The second-order valence-electron chi connectivity index (χ2n) is 4.76. The Bertz CT molecular complexity index is 430. The van der Waals surface area contributed by atoms with E-state index in [1.54, 1.807) is 19.2 Å². The molecular weight excluding hydrogens is 232 g/mol. The largest absolute Gasteiger partial charge is 0.383 e. The van der Waals surface area contributed by atoms with Crippen molar-refractivity contribution in [3.8, 4) is 0 Å². The van der Waals surface area contributed by atoms with Crippen LogP contribution in [0.3, 0.4) is 0 Å². The van der Waals surface area contributed by atoms with Gasteiger partial charge in [-0.2, -0.15) is 0 Å². The Labute approximate surface area is 107 Å². The van der Waals surface area contributed by atoms with Crippen LogP contribution in [0, 0.1) is 10.1 Å². The molecule has 0 unspecified atom stereocenters. The van der Waals surface area contributed by atoms with Crippen LogP contribution in [0.5, 0.6) is 0 Å². The minimum absolute atomic E-state index is 0.0796. The normalized spacial score (nSPS) is 11.3. The van der Waals surface area contributed by atoms with Crippen molar-refractivity contribution in [1.29, 1.82) is 0 Å². The molecule has 0 spiro atoms. The molecule has 0 aromatic heterocycles. The summed E-state index contributed by atoms with van der Waals surface area (Å²) in [7, 11) is 1.67. The van der Waals surface area contributed by atoms with Gasteiger partial charge in [-0.05, 0) is 38.0 Å². The van der Waals surface area contributed by atoms with Gasteiger partial charge in [0, 0.05) is 13.1 Å². The maximum atomic E-state index is 10.8. The summed E-state index contributed by atoms with van der Waals surface area (Å²) in [5.41, 5.74) is 1.33. The monoisotopic (exact) mass is 252 g/mol. The van der Waals surface area contributed by atoms with Crippen LogP contribution in [0.15, 0.2) is 18.2 Å². The molecule has 0 saturated carbocycles. The highest BCUT2D eigenvalue weighted by atomic mass is 16.6. The molecule has 0 radical (unpaired) electrons. The molecule has 1 aromatic carbocycles. The minimum atomic E-state index is -0.396. The molecule has 1 N–H and O–H groups in total. The first-order chi connectivity index (χ1) is 8.39. The Kier molecular flexibility index (Phi) is 4.67. The van der Waals surface area contributed by atoms with Crippen molar-refractivity contribution in [1.82, 2.24) is 0 Å². The molecule has 1 rings (SSSR count). The van der Waals surface area contributed by atoms with Crippen LogP contribution in [-0.4, -0.2) is 17.6 Å². The van der Waals surface area contributed by atoms with E-state index in [9.17, 15) is 10.1 Å². The zero-order valence-corrected chi connectivity index (χ0v) is 11.3. The summed E-state index contributed by atoms with van der Waals surface area (Å²) in [6, 6.07) is 4.98. The van der Waals surface area contributed by atoms with E-state index in [1.807, 2.05) is 13.8 Å². The smallest absolute Gasteiger partial charge is 0.292 e. The summed E-state index contributed by atoms with van der Waals surface area (Å²) in [6.07, 6.45) is 0.916. The van der Waals surface area contributed by atoms with Gasteiger partial charge < -0.3 is 10.1 Å². The molecule has 5 nitrogen and oxygen atoms in total. The third-order valence-corrected chi connectivity index (χ3v) is 3.01. The number of ether oxygens (including phenoxy) is 1. The molecule has 1 aromatic rings. The number of nitro benzene ring substituents is 1. The van der Waals surface area contributed by atoms with Crippen molar-refractivity contribution >= 4 is 11.4 Å². The van der Waals surface area contributed by atoms with Gasteiger partial charge in [-0.3, -0.25) is 10.1 Å². The molecule has 0 aliphatic heterocycles. The Hall–Kier alpha value is -1.62. The van der Waals surface area contributed by atoms with Crippen molar-refractivity contribution in [2.75, 3.05) is 12.4 Å².